The van der Waals surface area contributed by atoms with E-state index in [1.165, 1.54) is 4.41 Å². The molecule has 0 aromatic heterocycles. The minimum atomic E-state index is -1.61. The van der Waals surface area contributed by atoms with Crippen LogP contribution in [0, 0.1) is 5.92 Å². The molecule has 2 amide bonds. The Balaban J connectivity index is 2.29. The van der Waals surface area contributed by atoms with E-state index < -0.39 is 3.12 Å². The van der Waals surface area contributed by atoms with Crippen molar-refractivity contribution < 1.29 is 4.79 Å². The molecule has 1 aliphatic rings. The van der Waals surface area contributed by atoms with Gasteiger partial charge in [-0.1, -0.05) is 64.6 Å². The molecular formula is C12H13BrCl3N3OS. The van der Waals surface area contributed by atoms with Crippen molar-refractivity contribution in [1.29, 1.82) is 0 Å². The maximum atomic E-state index is 12.6. The number of rotatable bonds is 3. The normalized spacial score (nSPS) is 19.8. The van der Waals surface area contributed by atoms with Gasteiger partial charge in [0.2, 0.25) is 0 Å². The number of hydrogen-bond acceptors (Lipinski definition) is 3. The van der Waals surface area contributed by atoms with Gasteiger partial charge in [0.15, 0.2) is 0 Å². The van der Waals surface area contributed by atoms with Gasteiger partial charge in [0.25, 0.3) is 3.12 Å². The Morgan fingerprint density at radius 2 is 1.86 bits per heavy atom. The zero-order valence-corrected chi connectivity index (χ0v) is 15.9. The van der Waals surface area contributed by atoms with Gasteiger partial charge in [0.05, 0.1) is 0 Å². The Bertz CT molecular complexity index is 523. The number of nitrogens with zero attached hydrogens (tertiary/aromatic N) is 2. The molecule has 1 fully saturated rings. The van der Waals surface area contributed by atoms with E-state index in [0.29, 0.717) is 0 Å². The Morgan fingerprint density at radius 3 is 2.33 bits per heavy atom. The largest absolute Gasteiger partial charge is 0.350 e. The highest BCUT2D eigenvalue weighted by atomic mass is 79.9. The molecule has 1 atom stereocenters. The molecule has 1 unspecified atom stereocenters. The summed E-state index contributed by atoms with van der Waals surface area (Å²) in [5, 5.41) is 0. The summed E-state index contributed by atoms with van der Waals surface area (Å²) in [6.07, 6.45) is -0.210. The van der Waals surface area contributed by atoms with Crippen LogP contribution in [-0.4, -0.2) is 19.7 Å². The van der Waals surface area contributed by atoms with Crippen LogP contribution in [0.1, 0.15) is 13.8 Å². The van der Waals surface area contributed by atoms with Crippen LogP contribution in [-0.2, 0) is 0 Å². The van der Waals surface area contributed by atoms with Crippen LogP contribution in [0.15, 0.2) is 28.7 Å². The molecule has 0 spiro atoms. The van der Waals surface area contributed by atoms with Gasteiger partial charge >= 0.3 is 6.03 Å². The first-order valence-corrected chi connectivity index (χ1v) is 8.80. The third-order valence-corrected chi connectivity index (χ3v) is 4.64. The molecule has 9 heteroatoms. The highest BCUT2D eigenvalue weighted by Crippen LogP contribution is 2.42. The van der Waals surface area contributed by atoms with Gasteiger partial charge in [0, 0.05) is 22.1 Å². The molecule has 0 radical (unpaired) electrons. The van der Waals surface area contributed by atoms with Crippen LogP contribution in [0.25, 0.3) is 0 Å². The highest BCUT2D eigenvalue weighted by Gasteiger charge is 2.43. The lowest BCUT2D eigenvalue weighted by atomic mass is 10.1. The summed E-state index contributed by atoms with van der Waals surface area (Å²) in [4.78, 5) is 14.2. The number of nitrogens with one attached hydrogen (secondary N) is 1. The van der Waals surface area contributed by atoms with Crippen molar-refractivity contribution in [3.05, 3.63) is 28.7 Å². The lowest BCUT2D eigenvalue weighted by Crippen LogP contribution is -2.41. The summed E-state index contributed by atoms with van der Waals surface area (Å²) in [5.74, 6) is 0.179. The van der Waals surface area contributed by atoms with Gasteiger partial charge in [-0.25, -0.2) is 4.79 Å². The topological polar surface area (TPSA) is 35.6 Å². The second-order valence-electron chi connectivity index (χ2n) is 4.78. The highest BCUT2D eigenvalue weighted by molar-refractivity contribution is 9.10. The number of carbonyl (C=O) groups excluding carboxylic acids is 1. The van der Waals surface area contributed by atoms with Crippen LogP contribution in [0.2, 0.25) is 0 Å². The summed E-state index contributed by atoms with van der Waals surface area (Å²) in [5.41, 5.74) is 3.85. The quantitative estimate of drug-likeness (QED) is 0.529. The summed E-state index contributed by atoms with van der Waals surface area (Å²) >= 11 is 21.5. The predicted octanol–water partition coefficient (Wildman–Crippen LogP) is 5.15. The standard InChI is InChI=1S/C12H13BrCl3N3OS/c1-7(2)10-17-19(21-12(14,15)16)11(20)18(10)9-5-3-8(13)4-6-9/h3-7,10,17H,1-2H3. The van der Waals surface area contributed by atoms with Crippen LogP contribution < -0.4 is 10.3 Å². The molecule has 1 aromatic carbocycles. The van der Waals surface area contributed by atoms with Gasteiger partial charge in [0.1, 0.15) is 6.17 Å². The lowest BCUT2D eigenvalue weighted by molar-refractivity contribution is 0.235. The van der Waals surface area contributed by atoms with E-state index in [-0.39, 0.29) is 18.1 Å². The first kappa shape index (κ1) is 17.5. The number of carbonyl (C=O) groups is 1. The Hall–Kier alpha value is 0.150. The third kappa shape index (κ3) is 4.33. The number of benzene rings is 1. The van der Waals surface area contributed by atoms with Gasteiger partial charge in [-0.15, -0.1) is 0 Å². The molecule has 1 aromatic rings. The zero-order chi connectivity index (χ0) is 15.8. The summed E-state index contributed by atoms with van der Waals surface area (Å²) in [6, 6.07) is 7.22. The van der Waals surface area contributed by atoms with Gasteiger partial charge < -0.3 is 0 Å². The van der Waals surface area contributed by atoms with E-state index in [1.54, 1.807) is 4.90 Å². The molecule has 0 bridgehead atoms. The smallest absolute Gasteiger partial charge is 0.275 e. The third-order valence-electron chi connectivity index (χ3n) is 2.84. The van der Waals surface area contributed by atoms with Crippen molar-refractivity contribution >= 4 is 74.4 Å². The van der Waals surface area contributed by atoms with Gasteiger partial charge in [-0.2, -0.15) is 9.84 Å². The number of hydrogen-bond donors (Lipinski definition) is 1. The molecule has 2 rings (SSSR count). The van der Waals surface area contributed by atoms with Crippen molar-refractivity contribution in [3.63, 3.8) is 0 Å². The van der Waals surface area contributed by atoms with E-state index in [9.17, 15) is 4.79 Å². The zero-order valence-electron chi connectivity index (χ0n) is 11.2. The first-order valence-electron chi connectivity index (χ1n) is 6.10. The summed E-state index contributed by atoms with van der Waals surface area (Å²) in [7, 11) is 0. The number of amides is 2. The van der Waals surface area contributed by atoms with Crippen molar-refractivity contribution in [2.75, 3.05) is 4.90 Å². The second-order valence-corrected chi connectivity index (χ2v) is 9.81. The molecule has 116 valence electrons. The van der Waals surface area contributed by atoms with E-state index in [1.807, 2.05) is 38.1 Å². The average Bonchev–Trinajstić information content (AvgIpc) is 2.66. The number of urea groups is 1. The fourth-order valence-electron chi connectivity index (χ4n) is 1.94. The maximum Gasteiger partial charge on any atom is 0.350 e. The molecule has 4 nitrogen and oxygen atoms in total. The SMILES string of the molecule is CC(C)C1NN(SC(Cl)(Cl)Cl)C(=O)N1c1ccc(Br)cc1. The van der Waals surface area contributed by atoms with E-state index in [2.05, 4.69) is 21.4 Å². The van der Waals surface area contributed by atoms with Crippen molar-refractivity contribution in [2.24, 2.45) is 5.92 Å². The number of hydrazine groups is 1. The fraction of sp³-hybridized carbons (Fsp3) is 0.417. The minimum absolute atomic E-state index is 0.179. The first-order chi connectivity index (χ1) is 9.69. The van der Waals surface area contributed by atoms with Crippen molar-refractivity contribution in [1.82, 2.24) is 9.84 Å². The monoisotopic (exact) mass is 431 g/mol. The molecule has 1 saturated heterocycles. The van der Waals surface area contributed by atoms with Crippen LogP contribution >= 0.6 is 62.7 Å². The van der Waals surface area contributed by atoms with Crippen LogP contribution in [0.5, 0.6) is 0 Å². The molecule has 21 heavy (non-hydrogen) atoms. The van der Waals surface area contributed by atoms with Gasteiger partial charge in [-0.05, 0) is 30.2 Å². The van der Waals surface area contributed by atoms with Crippen LogP contribution in [0.4, 0.5) is 10.5 Å². The summed E-state index contributed by atoms with van der Waals surface area (Å²) in [6.45, 7) is 4.03. The lowest BCUT2D eigenvalue weighted by Gasteiger charge is -2.25. The number of anilines is 1. The number of alkyl halides is 3. The van der Waals surface area contributed by atoms with E-state index in [4.69, 9.17) is 34.8 Å². The molecule has 1 N–H and O–H groups in total. The van der Waals surface area contributed by atoms with E-state index >= 15 is 0 Å². The fourth-order valence-corrected chi connectivity index (χ4v) is 3.36. The minimum Gasteiger partial charge on any atom is -0.275 e. The van der Waals surface area contributed by atoms with Crippen molar-refractivity contribution in [2.45, 2.75) is 23.1 Å². The average molecular weight is 434 g/mol. The molecule has 0 saturated carbocycles. The molecular weight excluding hydrogens is 420 g/mol. The van der Waals surface area contributed by atoms with Gasteiger partial charge in [-0.3, -0.25) is 4.90 Å². The van der Waals surface area contributed by atoms with E-state index in [0.717, 1.165) is 22.1 Å². The Morgan fingerprint density at radius 1 is 1.29 bits per heavy atom. The van der Waals surface area contributed by atoms with Crippen molar-refractivity contribution in [3.8, 4) is 0 Å². The van der Waals surface area contributed by atoms with Crippen LogP contribution in [0.3, 0.4) is 0 Å². The summed E-state index contributed by atoms with van der Waals surface area (Å²) < 4.78 is 0.596. The Labute approximate surface area is 151 Å². The second kappa shape index (κ2) is 6.72. The maximum absolute atomic E-state index is 12.6. The number of halogens is 4. The molecule has 1 heterocycles. The predicted molar refractivity (Wildman–Crippen MR) is 93.5 cm³/mol. The molecule has 1 aliphatic heterocycles. The Kier molecular flexibility index (Phi) is 5.60. The molecule has 0 aliphatic carbocycles.